The van der Waals surface area contributed by atoms with Crippen molar-refractivity contribution < 1.29 is 14.7 Å². The van der Waals surface area contributed by atoms with Crippen LogP contribution in [0.3, 0.4) is 0 Å². The highest BCUT2D eigenvalue weighted by Crippen LogP contribution is 2.50. The Balaban J connectivity index is 1.87. The second-order valence-electron chi connectivity index (χ2n) is 5.82. The molecule has 2 atom stereocenters. The van der Waals surface area contributed by atoms with Crippen molar-refractivity contribution in [3.63, 3.8) is 0 Å². The maximum Gasteiger partial charge on any atom is 0.310 e. The van der Waals surface area contributed by atoms with Crippen LogP contribution in [0.1, 0.15) is 36.6 Å². The molecule has 2 rings (SSSR count). The van der Waals surface area contributed by atoms with Crippen LogP contribution in [-0.4, -0.2) is 23.5 Å². The fourth-order valence-electron chi connectivity index (χ4n) is 2.05. The zero-order valence-corrected chi connectivity index (χ0v) is 12.2. The minimum absolute atomic E-state index is 0.0157. The molecular weight excluding hydrogens is 262 g/mol. The molecule has 1 fully saturated rings. The normalized spacial score (nSPS) is 22.1. The Kier molecular flexibility index (Phi) is 3.67. The van der Waals surface area contributed by atoms with E-state index in [9.17, 15) is 9.59 Å². The third-order valence-corrected chi connectivity index (χ3v) is 4.80. The van der Waals surface area contributed by atoms with Crippen molar-refractivity contribution in [1.29, 1.82) is 0 Å². The first-order chi connectivity index (χ1) is 8.83. The number of rotatable bonds is 5. The Morgan fingerprint density at radius 1 is 1.53 bits per heavy atom. The van der Waals surface area contributed by atoms with E-state index in [0.717, 1.165) is 6.42 Å². The molecule has 104 valence electrons. The van der Waals surface area contributed by atoms with Crippen LogP contribution in [0.25, 0.3) is 0 Å². The highest BCUT2D eigenvalue weighted by molar-refractivity contribution is 7.10. The van der Waals surface area contributed by atoms with E-state index in [4.69, 9.17) is 5.11 Å². The van der Waals surface area contributed by atoms with Crippen LogP contribution in [0.4, 0.5) is 0 Å². The summed E-state index contributed by atoms with van der Waals surface area (Å²) in [5.74, 6) is -0.573. The van der Waals surface area contributed by atoms with Gasteiger partial charge in [0.1, 0.15) is 0 Å². The predicted octanol–water partition coefficient (Wildman–Crippen LogP) is 2.39. The van der Waals surface area contributed by atoms with Gasteiger partial charge in [-0.2, -0.15) is 0 Å². The number of nitrogens with one attached hydrogen (secondary N) is 1. The van der Waals surface area contributed by atoms with Crippen molar-refractivity contribution in [1.82, 2.24) is 5.32 Å². The Bertz CT molecular complexity index is 507. The molecule has 0 aromatic carbocycles. The second-order valence-corrected chi connectivity index (χ2v) is 6.77. The van der Waals surface area contributed by atoms with Gasteiger partial charge in [-0.1, -0.05) is 0 Å². The zero-order valence-electron chi connectivity index (χ0n) is 11.4. The van der Waals surface area contributed by atoms with Gasteiger partial charge in [0.2, 0.25) is 5.91 Å². The van der Waals surface area contributed by atoms with Gasteiger partial charge < -0.3 is 10.4 Å². The third kappa shape index (κ3) is 2.97. The van der Waals surface area contributed by atoms with Crippen LogP contribution < -0.4 is 5.32 Å². The molecule has 2 N–H and O–H groups in total. The second kappa shape index (κ2) is 4.96. The van der Waals surface area contributed by atoms with Gasteiger partial charge in [0.05, 0.1) is 5.41 Å². The van der Waals surface area contributed by atoms with Crippen LogP contribution in [0.5, 0.6) is 0 Å². The quantitative estimate of drug-likeness (QED) is 0.871. The summed E-state index contributed by atoms with van der Waals surface area (Å²) >= 11 is 1.70. The van der Waals surface area contributed by atoms with Crippen molar-refractivity contribution in [2.24, 2.45) is 11.3 Å². The zero-order chi connectivity index (χ0) is 14.2. The number of carboxylic acid groups (broad SMARTS) is 1. The summed E-state index contributed by atoms with van der Waals surface area (Å²) in [5, 5.41) is 13.8. The number of hydrogen-bond acceptors (Lipinski definition) is 3. The molecule has 1 aliphatic carbocycles. The highest BCUT2D eigenvalue weighted by Gasteiger charge is 2.45. The first-order valence-electron chi connectivity index (χ1n) is 6.38. The molecule has 1 aromatic rings. The number of aryl methyl sites for hydroxylation is 1. The van der Waals surface area contributed by atoms with Crippen molar-refractivity contribution in [3.8, 4) is 0 Å². The van der Waals surface area contributed by atoms with E-state index in [1.165, 1.54) is 10.4 Å². The molecule has 1 heterocycles. The fraction of sp³-hybridized carbons (Fsp3) is 0.571. The van der Waals surface area contributed by atoms with E-state index >= 15 is 0 Å². The molecule has 5 heteroatoms. The molecule has 0 aliphatic heterocycles. The Morgan fingerprint density at radius 2 is 2.21 bits per heavy atom. The molecular formula is C14H19NO3S. The van der Waals surface area contributed by atoms with Crippen LogP contribution in [0.2, 0.25) is 0 Å². The van der Waals surface area contributed by atoms with E-state index in [0.29, 0.717) is 5.92 Å². The van der Waals surface area contributed by atoms with Gasteiger partial charge in [-0.05, 0) is 44.2 Å². The average Bonchev–Trinajstić information content (AvgIpc) is 3.02. The Labute approximate surface area is 116 Å². The van der Waals surface area contributed by atoms with E-state index < -0.39 is 11.4 Å². The lowest BCUT2D eigenvalue weighted by Crippen LogP contribution is -2.39. The number of carboxylic acids is 1. The van der Waals surface area contributed by atoms with Gasteiger partial charge in [0.25, 0.3) is 0 Å². The van der Waals surface area contributed by atoms with Crippen LogP contribution in [0, 0.1) is 18.3 Å². The van der Waals surface area contributed by atoms with E-state index in [1.807, 2.05) is 5.38 Å². The topological polar surface area (TPSA) is 66.4 Å². The van der Waals surface area contributed by atoms with Crippen molar-refractivity contribution in [2.45, 2.75) is 33.1 Å². The SMILES string of the molecule is Cc1ccsc1[C@H]1C[C@@H]1C(=O)NCC(C)(C)C(=O)O. The maximum atomic E-state index is 12.0. The minimum Gasteiger partial charge on any atom is -0.481 e. The van der Waals surface area contributed by atoms with Crippen LogP contribution >= 0.6 is 11.3 Å². The molecule has 1 saturated carbocycles. The number of hydrogen-bond donors (Lipinski definition) is 2. The molecule has 19 heavy (non-hydrogen) atoms. The standard InChI is InChI=1S/C14H19NO3S/c1-8-4-5-19-11(8)9-6-10(9)12(16)15-7-14(2,3)13(17)18/h4-5,9-10H,6-7H2,1-3H3,(H,15,16)(H,17,18)/t9-,10-/m0/s1. The summed E-state index contributed by atoms with van der Waals surface area (Å²) in [6.45, 7) is 5.47. The summed E-state index contributed by atoms with van der Waals surface area (Å²) in [4.78, 5) is 24.2. The molecule has 0 saturated heterocycles. The minimum atomic E-state index is -0.918. The average molecular weight is 281 g/mol. The Morgan fingerprint density at radius 3 is 2.74 bits per heavy atom. The first-order valence-corrected chi connectivity index (χ1v) is 7.26. The van der Waals surface area contributed by atoms with Crippen molar-refractivity contribution in [2.75, 3.05) is 6.54 Å². The molecule has 1 amide bonds. The van der Waals surface area contributed by atoms with Crippen LogP contribution in [-0.2, 0) is 9.59 Å². The number of aliphatic carboxylic acids is 1. The monoisotopic (exact) mass is 281 g/mol. The van der Waals surface area contributed by atoms with E-state index in [1.54, 1.807) is 25.2 Å². The molecule has 0 spiro atoms. The van der Waals surface area contributed by atoms with Gasteiger partial charge in [-0.25, -0.2) is 0 Å². The molecule has 0 bridgehead atoms. The first kappa shape index (κ1) is 14.1. The smallest absolute Gasteiger partial charge is 0.310 e. The fourth-order valence-corrected chi connectivity index (χ4v) is 3.16. The number of thiophene rings is 1. The van der Waals surface area contributed by atoms with E-state index in [2.05, 4.69) is 18.3 Å². The van der Waals surface area contributed by atoms with Crippen LogP contribution in [0.15, 0.2) is 11.4 Å². The molecule has 0 unspecified atom stereocenters. The van der Waals surface area contributed by atoms with E-state index in [-0.39, 0.29) is 18.4 Å². The number of carbonyl (C=O) groups excluding carboxylic acids is 1. The Hall–Kier alpha value is -1.36. The highest BCUT2D eigenvalue weighted by atomic mass is 32.1. The summed E-state index contributed by atoms with van der Waals surface area (Å²) in [6, 6.07) is 2.07. The summed E-state index contributed by atoms with van der Waals surface area (Å²) in [7, 11) is 0. The predicted molar refractivity (Wildman–Crippen MR) is 74.3 cm³/mol. The van der Waals surface area contributed by atoms with Gasteiger partial charge in [0.15, 0.2) is 0 Å². The van der Waals surface area contributed by atoms with Crippen molar-refractivity contribution in [3.05, 3.63) is 21.9 Å². The summed E-state index contributed by atoms with van der Waals surface area (Å²) in [6.07, 6.45) is 0.876. The summed E-state index contributed by atoms with van der Waals surface area (Å²) in [5.41, 5.74) is 0.329. The molecule has 4 nitrogen and oxygen atoms in total. The lowest BCUT2D eigenvalue weighted by atomic mass is 9.94. The van der Waals surface area contributed by atoms with Gasteiger partial charge in [0, 0.05) is 23.3 Å². The molecule has 0 radical (unpaired) electrons. The largest absolute Gasteiger partial charge is 0.481 e. The van der Waals surface area contributed by atoms with Crippen molar-refractivity contribution >= 4 is 23.2 Å². The summed E-state index contributed by atoms with van der Waals surface area (Å²) < 4.78 is 0. The van der Waals surface area contributed by atoms with Gasteiger partial charge >= 0.3 is 5.97 Å². The van der Waals surface area contributed by atoms with Gasteiger partial charge in [-0.3, -0.25) is 9.59 Å². The molecule has 1 aromatic heterocycles. The number of amides is 1. The lowest BCUT2D eigenvalue weighted by Gasteiger charge is -2.19. The lowest BCUT2D eigenvalue weighted by molar-refractivity contribution is -0.146. The van der Waals surface area contributed by atoms with Gasteiger partial charge in [-0.15, -0.1) is 11.3 Å². The number of carbonyl (C=O) groups is 2. The third-order valence-electron chi connectivity index (χ3n) is 3.65. The molecule has 1 aliphatic rings. The maximum absolute atomic E-state index is 12.0.